The maximum absolute atomic E-state index is 15.1. The minimum Gasteiger partial charge on any atom is -0.503 e. The Labute approximate surface area is 276 Å². The normalized spacial score (nSPS) is 30.4. The lowest BCUT2D eigenvalue weighted by Gasteiger charge is -2.50. The summed E-state index contributed by atoms with van der Waals surface area (Å²) in [5.41, 5.74) is -1.49. The van der Waals surface area contributed by atoms with Gasteiger partial charge >= 0.3 is 0 Å². The molecule has 1 N–H and O–H groups in total. The molecular weight excluding hydrogens is 730 g/mol. The highest BCUT2D eigenvalue weighted by Crippen LogP contribution is 2.66. The van der Waals surface area contributed by atoms with Gasteiger partial charge < -0.3 is 9.84 Å². The summed E-state index contributed by atoms with van der Waals surface area (Å²) in [5, 5.41) is 10.5. The first-order valence-electron chi connectivity index (χ1n) is 14.0. The van der Waals surface area contributed by atoms with Gasteiger partial charge in [0.05, 0.1) is 23.4 Å². The van der Waals surface area contributed by atoms with Gasteiger partial charge in [0.2, 0.25) is 17.6 Å². The number of phenolic OH excluding ortho intramolecular Hbond substituents is 1. The highest BCUT2D eigenvalue weighted by Gasteiger charge is 2.77. The first kappa shape index (κ1) is 32.7. The third-order valence-corrected chi connectivity index (χ3v) is 11.4. The molecule has 2 aliphatic heterocycles. The highest BCUT2D eigenvalue weighted by molar-refractivity contribution is 9.10. The molecule has 2 saturated heterocycles. The topological polar surface area (TPSA) is 104 Å². The van der Waals surface area contributed by atoms with Crippen molar-refractivity contribution < 1.29 is 51.0 Å². The number of carbonyl (C=O) groups excluding carboxylic acids is 4. The number of likely N-dealkylation sites (tertiary alicyclic amines) is 1. The number of aromatic hydroxyl groups is 1. The lowest BCUT2D eigenvalue weighted by atomic mass is 9.56. The molecule has 8 nitrogen and oxygen atoms in total. The molecule has 1 saturated carbocycles. The van der Waals surface area contributed by atoms with Crippen LogP contribution in [0.3, 0.4) is 0 Å². The Bertz CT molecular complexity index is 1780. The van der Waals surface area contributed by atoms with Crippen molar-refractivity contribution in [1.82, 2.24) is 4.90 Å². The number of imide groups is 2. The Morgan fingerprint density at radius 3 is 2.15 bits per heavy atom. The van der Waals surface area contributed by atoms with Crippen molar-refractivity contribution >= 4 is 68.4 Å². The quantitative estimate of drug-likeness (QED) is 0.103. The number of fused-ring (bicyclic) bond motifs is 4. The van der Waals surface area contributed by atoms with Crippen LogP contribution in [0.15, 0.2) is 28.3 Å². The number of benzene rings is 2. The predicted molar refractivity (Wildman–Crippen MR) is 156 cm³/mol. The number of alkyl halides is 2. The van der Waals surface area contributed by atoms with Crippen molar-refractivity contribution in [3.63, 3.8) is 0 Å². The molecule has 0 aromatic heterocycles. The molecule has 6 rings (SSSR count). The van der Waals surface area contributed by atoms with E-state index in [1.54, 1.807) is 13.0 Å². The lowest BCUT2D eigenvalue weighted by molar-refractivity contribution is -0.140. The zero-order valence-corrected chi connectivity index (χ0v) is 26.9. The number of hydrogen-bond acceptors (Lipinski definition) is 6. The van der Waals surface area contributed by atoms with Crippen molar-refractivity contribution in [2.75, 3.05) is 18.6 Å². The van der Waals surface area contributed by atoms with E-state index in [4.69, 9.17) is 27.9 Å². The second-order valence-electron chi connectivity index (χ2n) is 11.6. The number of hydrogen-bond donors (Lipinski definition) is 1. The van der Waals surface area contributed by atoms with Gasteiger partial charge in [0, 0.05) is 12.5 Å². The van der Waals surface area contributed by atoms with Crippen LogP contribution >= 0.6 is 39.1 Å². The van der Waals surface area contributed by atoms with E-state index < -0.39 is 98.2 Å². The second kappa shape index (κ2) is 10.9. The molecule has 0 radical (unpaired) electrons. The van der Waals surface area contributed by atoms with Crippen molar-refractivity contribution in [3.05, 3.63) is 62.9 Å². The molecule has 6 atom stereocenters. The van der Waals surface area contributed by atoms with E-state index in [0.717, 1.165) is 4.90 Å². The summed E-state index contributed by atoms with van der Waals surface area (Å²) in [6.45, 7) is 1.89. The van der Waals surface area contributed by atoms with E-state index in [9.17, 15) is 37.5 Å². The summed E-state index contributed by atoms with van der Waals surface area (Å²) in [4.78, 5) is 51.0. The maximum Gasteiger partial charge on any atom is 0.258 e. The molecule has 4 amide bonds. The van der Waals surface area contributed by atoms with E-state index >= 15 is 8.78 Å². The van der Waals surface area contributed by atoms with Crippen LogP contribution in [-0.4, -0.2) is 57.0 Å². The number of carbonyl (C=O) groups is 4. The lowest BCUT2D eigenvalue weighted by Crippen LogP contribution is -2.60. The van der Waals surface area contributed by atoms with Crippen LogP contribution in [0.25, 0.3) is 0 Å². The number of rotatable bonds is 5. The van der Waals surface area contributed by atoms with E-state index in [0.29, 0.717) is 6.42 Å². The van der Waals surface area contributed by atoms with Gasteiger partial charge in [0.15, 0.2) is 44.5 Å². The van der Waals surface area contributed by atoms with Crippen LogP contribution in [-0.2, 0) is 19.2 Å². The van der Waals surface area contributed by atoms with Crippen LogP contribution in [0, 0.1) is 46.8 Å². The monoisotopic (exact) mass is 750 g/mol. The fourth-order valence-corrected chi connectivity index (χ4v) is 8.76. The molecule has 3 fully saturated rings. The summed E-state index contributed by atoms with van der Waals surface area (Å²) in [7, 11) is 1.22. The summed E-state index contributed by atoms with van der Waals surface area (Å²) in [6, 6.07) is 2.59. The van der Waals surface area contributed by atoms with Crippen molar-refractivity contribution in [1.29, 1.82) is 0 Å². The molecule has 16 heteroatoms. The molecule has 2 aliphatic carbocycles. The number of allylic oxidation sites excluding steroid dienone is 2. The summed E-state index contributed by atoms with van der Waals surface area (Å²) in [5.74, 6) is -21.4. The number of phenols is 1. The molecule has 244 valence electrons. The van der Waals surface area contributed by atoms with Gasteiger partial charge in [0.25, 0.3) is 11.8 Å². The van der Waals surface area contributed by atoms with Gasteiger partial charge in [-0.05, 0) is 58.8 Å². The van der Waals surface area contributed by atoms with Crippen molar-refractivity contribution in [2.24, 2.45) is 17.8 Å². The molecule has 0 spiro atoms. The Kier molecular flexibility index (Phi) is 7.76. The van der Waals surface area contributed by atoms with E-state index in [1.807, 2.05) is 0 Å². The molecule has 2 aromatic carbocycles. The van der Waals surface area contributed by atoms with Crippen LogP contribution in [0.4, 0.5) is 27.6 Å². The van der Waals surface area contributed by atoms with Gasteiger partial charge in [-0.15, -0.1) is 23.2 Å². The van der Waals surface area contributed by atoms with Gasteiger partial charge in [-0.2, -0.15) is 0 Å². The van der Waals surface area contributed by atoms with E-state index in [-0.39, 0.29) is 45.0 Å². The number of amides is 4. The van der Waals surface area contributed by atoms with Crippen molar-refractivity contribution in [3.8, 4) is 11.5 Å². The summed E-state index contributed by atoms with van der Waals surface area (Å²) < 4.78 is 78.2. The maximum atomic E-state index is 15.1. The molecule has 2 aromatic rings. The molecule has 4 aliphatic rings. The number of methoxy groups -OCH3 is 1. The fourth-order valence-electron chi connectivity index (χ4n) is 7.37. The average molecular weight is 752 g/mol. The average Bonchev–Trinajstić information content (AvgIpc) is 3.35. The van der Waals surface area contributed by atoms with Crippen LogP contribution < -0.4 is 9.64 Å². The number of halogens is 8. The van der Waals surface area contributed by atoms with Crippen LogP contribution in [0.5, 0.6) is 11.5 Å². The first-order valence-corrected chi connectivity index (χ1v) is 15.5. The van der Waals surface area contributed by atoms with Gasteiger partial charge in [0.1, 0.15) is 5.69 Å². The van der Waals surface area contributed by atoms with Gasteiger partial charge in [-0.25, -0.2) is 26.9 Å². The molecule has 0 bridgehead atoms. The van der Waals surface area contributed by atoms with E-state index in [2.05, 4.69) is 15.9 Å². The largest absolute Gasteiger partial charge is 0.503 e. The summed E-state index contributed by atoms with van der Waals surface area (Å²) in [6.07, 6.45) is 1.47. The smallest absolute Gasteiger partial charge is 0.258 e. The molecule has 46 heavy (non-hydrogen) atoms. The minimum atomic E-state index is -2.68. The Morgan fingerprint density at radius 1 is 0.957 bits per heavy atom. The first-order chi connectivity index (χ1) is 21.6. The van der Waals surface area contributed by atoms with Gasteiger partial charge in [-0.3, -0.25) is 24.1 Å². The zero-order valence-electron chi connectivity index (χ0n) is 23.8. The predicted octanol–water partition coefficient (Wildman–Crippen LogP) is 5.83. The van der Waals surface area contributed by atoms with Crippen LogP contribution in [0.2, 0.25) is 0 Å². The summed E-state index contributed by atoms with van der Waals surface area (Å²) >= 11 is 17.4. The third-order valence-electron chi connectivity index (χ3n) is 9.36. The number of nitrogens with zero attached hydrogens (tertiary/aromatic N) is 2. The third kappa shape index (κ3) is 4.01. The minimum absolute atomic E-state index is 0.0277. The van der Waals surface area contributed by atoms with Crippen molar-refractivity contribution in [2.45, 2.75) is 41.9 Å². The zero-order chi connectivity index (χ0) is 33.8. The van der Waals surface area contributed by atoms with Gasteiger partial charge in [-0.1, -0.05) is 18.6 Å². The molecule has 6 unspecified atom stereocenters. The SMILES string of the molecule is CCCN1C(=O)C2CC=C3C(CC4(Cl)C(=O)N(c5c(F)c(F)c(F)c(F)c5F)C(=O)C4(Cl)C3c3cc(Br)c(O)c(OC)c3)C2C1=O. The van der Waals surface area contributed by atoms with Crippen LogP contribution in [0.1, 0.15) is 37.7 Å². The highest BCUT2D eigenvalue weighted by atomic mass is 79.9. The standard InChI is InChI=1S/C30H22BrCl2F5N2O6/c1-3-6-39-25(42)12-5-4-11-13(16(12)26(39)43)9-29(32)27(44)40(23-21(37)19(35)18(34)20(36)22(23)38)28(45)30(29,33)17(11)10-7-14(31)24(41)15(8-10)46-2/h4,7-8,12-13,16-17,41H,3,5-6,9H2,1-2H3. The number of anilines is 1. The molecular formula is C30H22BrCl2F5N2O6. The Hall–Kier alpha value is -3.23. The van der Waals surface area contributed by atoms with E-state index in [1.165, 1.54) is 19.2 Å². The number of ether oxygens (including phenoxy) is 1. The Morgan fingerprint density at radius 2 is 1.57 bits per heavy atom. The molecule has 2 heterocycles. The Balaban J connectivity index is 1.62. The fraction of sp³-hybridized carbons (Fsp3) is 0.400. The second-order valence-corrected chi connectivity index (χ2v) is 13.7.